The zero-order valence-electron chi connectivity index (χ0n) is 6.29. The van der Waals surface area contributed by atoms with Gasteiger partial charge in [-0.05, 0) is 11.6 Å². The van der Waals surface area contributed by atoms with Crippen LogP contribution in [0.4, 0.5) is 0 Å². The van der Waals surface area contributed by atoms with Gasteiger partial charge in [0.05, 0.1) is 0 Å². The van der Waals surface area contributed by atoms with Crippen molar-refractivity contribution in [1.82, 2.24) is 5.06 Å². The van der Waals surface area contributed by atoms with Crippen molar-refractivity contribution in [2.75, 3.05) is 7.05 Å². The standard InChI is InChI=1S/C8H10ClNO/c1-10(11)6-7-4-2-3-5-8(7)9/h2-5,11H,6H2,1H3. The molecule has 0 aliphatic heterocycles. The number of halogens is 1. The van der Waals surface area contributed by atoms with Crippen molar-refractivity contribution in [2.45, 2.75) is 6.54 Å². The van der Waals surface area contributed by atoms with E-state index in [2.05, 4.69) is 0 Å². The van der Waals surface area contributed by atoms with Gasteiger partial charge in [0.15, 0.2) is 0 Å². The maximum absolute atomic E-state index is 8.90. The monoisotopic (exact) mass is 171 g/mol. The van der Waals surface area contributed by atoms with Gasteiger partial charge in [-0.1, -0.05) is 29.8 Å². The van der Waals surface area contributed by atoms with Crippen LogP contribution in [0.2, 0.25) is 5.02 Å². The summed E-state index contributed by atoms with van der Waals surface area (Å²) in [5.41, 5.74) is 0.930. The van der Waals surface area contributed by atoms with E-state index in [0.29, 0.717) is 11.6 Å². The Balaban J connectivity index is 2.78. The summed E-state index contributed by atoms with van der Waals surface area (Å²) >= 11 is 5.83. The number of hydroxylamine groups is 2. The minimum absolute atomic E-state index is 0.458. The molecule has 0 aliphatic carbocycles. The molecule has 1 rings (SSSR count). The average molecular weight is 172 g/mol. The van der Waals surface area contributed by atoms with E-state index in [1.165, 1.54) is 0 Å². The van der Waals surface area contributed by atoms with Gasteiger partial charge in [0.1, 0.15) is 0 Å². The highest BCUT2D eigenvalue weighted by Crippen LogP contribution is 2.15. The zero-order chi connectivity index (χ0) is 8.27. The summed E-state index contributed by atoms with van der Waals surface area (Å²) in [6.45, 7) is 0.458. The number of hydrogen-bond donors (Lipinski definition) is 1. The Hall–Kier alpha value is -0.570. The second-order valence-electron chi connectivity index (χ2n) is 2.41. The molecule has 0 unspecified atom stereocenters. The van der Waals surface area contributed by atoms with Gasteiger partial charge in [-0.25, -0.2) is 0 Å². The summed E-state index contributed by atoms with van der Waals surface area (Å²) in [6, 6.07) is 7.45. The Kier molecular flexibility index (Phi) is 2.88. The third-order valence-corrected chi connectivity index (χ3v) is 1.73. The molecule has 0 heterocycles. The van der Waals surface area contributed by atoms with Crippen LogP contribution in [0.25, 0.3) is 0 Å². The summed E-state index contributed by atoms with van der Waals surface area (Å²) in [6.07, 6.45) is 0. The van der Waals surface area contributed by atoms with Gasteiger partial charge in [-0.3, -0.25) is 0 Å². The van der Waals surface area contributed by atoms with Crippen molar-refractivity contribution in [3.8, 4) is 0 Å². The van der Waals surface area contributed by atoms with Gasteiger partial charge in [0.25, 0.3) is 0 Å². The van der Waals surface area contributed by atoms with Gasteiger partial charge in [-0.2, -0.15) is 5.06 Å². The van der Waals surface area contributed by atoms with E-state index in [1.54, 1.807) is 13.1 Å². The molecule has 1 N–H and O–H groups in total. The first-order valence-electron chi connectivity index (χ1n) is 3.33. The minimum Gasteiger partial charge on any atom is -0.314 e. The van der Waals surface area contributed by atoms with E-state index in [1.807, 2.05) is 18.2 Å². The molecule has 0 spiro atoms. The topological polar surface area (TPSA) is 23.5 Å². The highest BCUT2D eigenvalue weighted by atomic mass is 35.5. The molecule has 60 valence electrons. The van der Waals surface area contributed by atoms with Crippen molar-refractivity contribution >= 4 is 11.6 Å². The first-order chi connectivity index (χ1) is 5.20. The highest BCUT2D eigenvalue weighted by Gasteiger charge is 1.99. The normalized spacial score (nSPS) is 10.5. The van der Waals surface area contributed by atoms with Gasteiger partial charge >= 0.3 is 0 Å². The molecule has 1 aromatic carbocycles. The van der Waals surface area contributed by atoms with Crippen LogP contribution in [0.15, 0.2) is 24.3 Å². The lowest BCUT2D eigenvalue weighted by Gasteiger charge is -2.08. The molecule has 0 aromatic heterocycles. The quantitative estimate of drug-likeness (QED) is 0.690. The summed E-state index contributed by atoms with van der Waals surface area (Å²) < 4.78 is 0. The molecule has 11 heavy (non-hydrogen) atoms. The second kappa shape index (κ2) is 3.72. The maximum Gasteiger partial charge on any atom is 0.0500 e. The lowest BCUT2D eigenvalue weighted by atomic mass is 10.2. The Labute approximate surface area is 71.0 Å². The number of nitrogens with zero attached hydrogens (tertiary/aromatic N) is 1. The Morgan fingerprint density at radius 3 is 2.64 bits per heavy atom. The third kappa shape index (κ3) is 2.50. The van der Waals surface area contributed by atoms with Crippen molar-refractivity contribution < 1.29 is 5.21 Å². The third-order valence-electron chi connectivity index (χ3n) is 1.36. The van der Waals surface area contributed by atoms with E-state index in [9.17, 15) is 0 Å². The van der Waals surface area contributed by atoms with E-state index < -0.39 is 0 Å². The first-order valence-corrected chi connectivity index (χ1v) is 3.71. The predicted molar refractivity (Wildman–Crippen MR) is 44.7 cm³/mol. The summed E-state index contributed by atoms with van der Waals surface area (Å²) in [5, 5.41) is 10.7. The zero-order valence-corrected chi connectivity index (χ0v) is 7.04. The number of hydrogen-bond acceptors (Lipinski definition) is 2. The van der Waals surface area contributed by atoms with Gasteiger partial charge in [0.2, 0.25) is 0 Å². The highest BCUT2D eigenvalue weighted by molar-refractivity contribution is 6.31. The molecule has 0 bridgehead atoms. The van der Waals surface area contributed by atoms with Crippen LogP contribution >= 0.6 is 11.6 Å². The lowest BCUT2D eigenvalue weighted by Crippen LogP contribution is -2.11. The molecule has 0 amide bonds. The Morgan fingerprint density at radius 2 is 2.09 bits per heavy atom. The number of benzene rings is 1. The summed E-state index contributed by atoms with van der Waals surface area (Å²) in [4.78, 5) is 0. The van der Waals surface area contributed by atoms with Crippen molar-refractivity contribution in [3.05, 3.63) is 34.9 Å². The Bertz CT molecular complexity index is 237. The summed E-state index contributed by atoms with van der Waals surface area (Å²) in [7, 11) is 1.59. The molecule has 0 atom stereocenters. The summed E-state index contributed by atoms with van der Waals surface area (Å²) in [5.74, 6) is 0. The van der Waals surface area contributed by atoms with E-state index in [-0.39, 0.29) is 0 Å². The predicted octanol–water partition coefficient (Wildman–Crippen LogP) is 2.16. The minimum atomic E-state index is 0.458. The van der Waals surface area contributed by atoms with Crippen LogP contribution in [0, 0.1) is 0 Å². The first kappa shape index (κ1) is 8.53. The molecular formula is C8H10ClNO. The van der Waals surface area contributed by atoms with Crippen molar-refractivity contribution in [3.63, 3.8) is 0 Å². The Morgan fingerprint density at radius 1 is 1.45 bits per heavy atom. The molecular weight excluding hydrogens is 162 g/mol. The fourth-order valence-corrected chi connectivity index (χ4v) is 1.07. The number of rotatable bonds is 2. The molecule has 1 aromatic rings. The van der Waals surface area contributed by atoms with Gasteiger partial charge in [-0.15, -0.1) is 0 Å². The van der Waals surface area contributed by atoms with Crippen LogP contribution in [-0.2, 0) is 6.54 Å². The smallest absolute Gasteiger partial charge is 0.0500 e. The van der Waals surface area contributed by atoms with Crippen molar-refractivity contribution in [1.29, 1.82) is 0 Å². The largest absolute Gasteiger partial charge is 0.314 e. The van der Waals surface area contributed by atoms with E-state index in [0.717, 1.165) is 10.6 Å². The maximum atomic E-state index is 8.90. The SMILES string of the molecule is CN(O)Cc1ccccc1Cl. The van der Waals surface area contributed by atoms with Gasteiger partial charge in [0, 0.05) is 18.6 Å². The fraction of sp³-hybridized carbons (Fsp3) is 0.250. The van der Waals surface area contributed by atoms with Gasteiger partial charge < -0.3 is 5.21 Å². The van der Waals surface area contributed by atoms with Crippen LogP contribution in [-0.4, -0.2) is 17.3 Å². The molecule has 0 saturated carbocycles. The van der Waals surface area contributed by atoms with Crippen LogP contribution < -0.4 is 0 Å². The van der Waals surface area contributed by atoms with E-state index >= 15 is 0 Å². The molecule has 0 radical (unpaired) electrons. The average Bonchev–Trinajstić information content (AvgIpc) is 1.93. The second-order valence-corrected chi connectivity index (χ2v) is 2.81. The molecule has 0 saturated heterocycles. The van der Waals surface area contributed by atoms with Crippen LogP contribution in [0.1, 0.15) is 5.56 Å². The van der Waals surface area contributed by atoms with E-state index in [4.69, 9.17) is 16.8 Å². The molecule has 0 fully saturated rings. The fourth-order valence-electron chi connectivity index (χ4n) is 0.873. The lowest BCUT2D eigenvalue weighted by molar-refractivity contribution is -0.0731. The van der Waals surface area contributed by atoms with Crippen LogP contribution in [0.5, 0.6) is 0 Å². The molecule has 3 heteroatoms. The molecule has 0 aliphatic rings. The van der Waals surface area contributed by atoms with Crippen LogP contribution in [0.3, 0.4) is 0 Å². The molecule has 2 nitrogen and oxygen atoms in total. The van der Waals surface area contributed by atoms with Crippen molar-refractivity contribution in [2.24, 2.45) is 0 Å².